The van der Waals surface area contributed by atoms with Crippen molar-refractivity contribution in [3.05, 3.63) is 102 Å². The van der Waals surface area contributed by atoms with E-state index in [2.05, 4.69) is 45.3 Å². The Kier molecular flexibility index (Phi) is 16.6. The minimum absolute atomic E-state index is 0.00259. The van der Waals surface area contributed by atoms with Crippen LogP contribution in [0.1, 0.15) is 94.7 Å². The van der Waals surface area contributed by atoms with Crippen LogP contribution >= 0.6 is 19.2 Å². The topological polar surface area (TPSA) is 277 Å². The number of anilines is 3. The summed E-state index contributed by atoms with van der Waals surface area (Å²) in [4.78, 5) is 65.5. The number of aliphatic hydroxyl groups excluding tert-OH is 1. The van der Waals surface area contributed by atoms with E-state index in [-0.39, 0.29) is 78.7 Å². The number of aryl methyl sites for hydroxylation is 1. The molecule has 1 saturated carbocycles. The number of nitrogen functional groups attached to an aromatic ring is 1. The van der Waals surface area contributed by atoms with Gasteiger partial charge >= 0.3 is 7.82 Å². The normalized spacial score (nSPS) is 23.1. The van der Waals surface area contributed by atoms with Crippen molar-refractivity contribution < 1.29 is 52.3 Å². The Labute approximate surface area is 474 Å². The predicted molar refractivity (Wildman–Crippen MR) is 303 cm³/mol. The second-order valence-corrected chi connectivity index (χ2v) is 24.3. The smallest absolute Gasteiger partial charge is 0.474 e. The molecule has 8 heterocycles. The van der Waals surface area contributed by atoms with Gasteiger partial charge in [0.05, 0.1) is 51.8 Å². The molecule has 4 aromatic heterocycles. The van der Waals surface area contributed by atoms with Gasteiger partial charge in [-0.2, -0.15) is 0 Å². The van der Waals surface area contributed by atoms with Gasteiger partial charge in [0.25, 0.3) is 5.88 Å². The van der Waals surface area contributed by atoms with E-state index < -0.39 is 25.9 Å². The second-order valence-electron chi connectivity index (χ2n) is 22.3. The molecular formula is C57H70N11O11PS. The van der Waals surface area contributed by atoms with E-state index in [9.17, 15) is 29.0 Å². The van der Waals surface area contributed by atoms with Crippen molar-refractivity contribution in [3.8, 4) is 39.2 Å². The van der Waals surface area contributed by atoms with Crippen LogP contribution in [0.5, 0.6) is 17.5 Å². The molecule has 22 nitrogen and oxygen atoms in total. The van der Waals surface area contributed by atoms with Gasteiger partial charge in [0.15, 0.2) is 11.6 Å². The minimum Gasteiger partial charge on any atom is -0.474 e. The van der Waals surface area contributed by atoms with Crippen LogP contribution in [0.3, 0.4) is 0 Å². The van der Waals surface area contributed by atoms with Crippen LogP contribution in [0.2, 0.25) is 0 Å². The average Bonchev–Trinajstić information content (AvgIpc) is 4.39. The molecule has 81 heavy (non-hydrogen) atoms. The number of carbonyl (C=O) groups excluding carboxylic acids is 2. The molecule has 6 aromatic rings. The number of para-hydroxylation sites is 1. The molecule has 2 aromatic carbocycles. The molecule has 5 aliphatic rings. The standard InChI is InChI=1S/C57H70N11O11PS/c1-33(2)53(57(71)67-31-41(69)24-48(67)56(70)61-34(3)36-9-11-37(12-10-36)54-35(4)60-32-81-54)50-28-52(64-78-50)75-22-21-65-19-16-42(17-20-65)76-43-25-44(26-43)77-51-23-38(15-18-59-51)68-39-13-14-40(68)30-66(29-39)47-27-46(62-63-55(47)58)45-7-5-6-8-49(45)79-80(72,73)74/h5-12,15,18,23,27-28,32-34,39-44,48,53,69H,13-14,16-17,19-22,24-26,29-31H2,1-4H3,(H2,58,63)(H,61,70)(H2,72,73,74)/t34-,39+,40+,41+,43?,44?,48-,53+/m0/s1. The maximum Gasteiger partial charge on any atom is 0.524 e. The summed E-state index contributed by atoms with van der Waals surface area (Å²) in [6.45, 7) is 12.0. The Bertz CT molecular complexity index is 3210. The van der Waals surface area contributed by atoms with Gasteiger partial charge in [-0.25, -0.2) is 14.5 Å². The number of ether oxygens (including phenoxy) is 3. The number of nitrogens with two attached hydrogens (primary N) is 1. The minimum atomic E-state index is -4.81. The lowest BCUT2D eigenvalue weighted by atomic mass is 9.91. The zero-order valence-electron chi connectivity index (χ0n) is 45.8. The Hall–Kier alpha value is -6.72. The monoisotopic (exact) mass is 1150 g/mol. The van der Waals surface area contributed by atoms with E-state index >= 15 is 0 Å². The fourth-order valence-electron chi connectivity index (χ4n) is 12.1. The Balaban J connectivity index is 0.603. The second kappa shape index (κ2) is 24.0. The Morgan fingerprint density at radius 3 is 2.36 bits per heavy atom. The highest BCUT2D eigenvalue weighted by Crippen LogP contribution is 2.44. The van der Waals surface area contributed by atoms with E-state index in [1.165, 1.54) is 11.0 Å². The molecule has 11 rings (SSSR count). The van der Waals surface area contributed by atoms with E-state index in [1.807, 2.05) is 69.6 Å². The third kappa shape index (κ3) is 12.8. The molecule has 6 atom stereocenters. The van der Waals surface area contributed by atoms with Crippen LogP contribution < -0.4 is 34.8 Å². The quantitative estimate of drug-likeness (QED) is 0.0485. The van der Waals surface area contributed by atoms with Gasteiger partial charge in [-0.1, -0.05) is 50.2 Å². The first-order valence-electron chi connectivity index (χ1n) is 27.9. The summed E-state index contributed by atoms with van der Waals surface area (Å²) in [5.41, 5.74) is 13.7. The molecule has 5 fully saturated rings. The first-order valence-corrected chi connectivity index (χ1v) is 30.3. The number of carbonyl (C=O) groups is 2. The third-order valence-corrected chi connectivity index (χ3v) is 17.7. The van der Waals surface area contributed by atoms with Gasteiger partial charge in [-0.3, -0.25) is 24.3 Å². The van der Waals surface area contributed by atoms with Crippen molar-refractivity contribution in [2.24, 2.45) is 5.92 Å². The Morgan fingerprint density at radius 1 is 0.889 bits per heavy atom. The number of phosphoric acid groups is 1. The highest BCUT2D eigenvalue weighted by Gasteiger charge is 2.45. The molecule has 0 spiro atoms. The number of nitrogens with one attached hydrogen (secondary N) is 1. The SMILES string of the molecule is Cc1ncsc1-c1ccc([C@H](C)NC(=O)[C@@H]2C[C@@H](O)CN2C(=O)[C@@H](c2cc(OCCN3CCC(OC4CC(Oc5cc(N6[C@@H]7CC[C@@H]6CN(c6cc(-c8ccccc8OP(=O)(O)O)nnc6N)C7)ccn5)C4)CC3)no2)C(C)C)cc1. The fourth-order valence-corrected chi connectivity index (χ4v) is 13.4. The summed E-state index contributed by atoms with van der Waals surface area (Å²) in [5.74, 6) is -0.0334. The van der Waals surface area contributed by atoms with Crippen molar-refractivity contribution in [1.82, 2.24) is 40.4 Å². The molecule has 2 bridgehead atoms. The highest BCUT2D eigenvalue weighted by molar-refractivity contribution is 7.46. The molecule has 0 radical (unpaired) electrons. The van der Waals surface area contributed by atoms with Crippen LogP contribution in [0.4, 0.5) is 17.2 Å². The maximum atomic E-state index is 14.3. The van der Waals surface area contributed by atoms with E-state index in [1.54, 1.807) is 47.9 Å². The molecule has 6 N–H and O–H groups in total. The number of amides is 2. The van der Waals surface area contributed by atoms with Crippen molar-refractivity contribution in [2.45, 2.75) is 127 Å². The van der Waals surface area contributed by atoms with Gasteiger partial charge in [-0.15, -0.1) is 21.5 Å². The van der Waals surface area contributed by atoms with Gasteiger partial charge in [0.1, 0.15) is 30.4 Å². The number of nitrogens with zero attached hydrogens (tertiary/aromatic N) is 9. The van der Waals surface area contributed by atoms with Crippen LogP contribution in [-0.4, -0.2) is 150 Å². The van der Waals surface area contributed by atoms with Crippen molar-refractivity contribution in [2.75, 3.05) is 61.4 Å². The zero-order valence-corrected chi connectivity index (χ0v) is 47.5. The van der Waals surface area contributed by atoms with Crippen molar-refractivity contribution in [3.63, 3.8) is 0 Å². The fraction of sp³-hybridized carbons (Fsp3) is 0.491. The lowest BCUT2D eigenvalue weighted by Gasteiger charge is -2.43. The van der Waals surface area contributed by atoms with E-state index in [4.69, 9.17) is 29.0 Å². The number of piperazine rings is 1. The van der Waals surface area contributed by atoms with Gasteiger partial charge in [0.2, 0.25) is 17.7 Å². The van der Waals surface area contributed by atoms with Gasteiger partial charge in [0, 0.05) is 100 Å². The number of rotatable bonds is 20. The average molecular weight is 1150 g/mol. The number of aliphatic hydroxyl groups is 1. The molecule has 4 saturated heterocycles. The number of hydrogen-bond donors (Lipinski definition) is 5. The number of thiazole rings is 1. The molecule has 0 unspecified atom stereocenters. The maximum absolute atomic E-state index is 14.3. The molecule has 2 amide bonds. The lowest BCUT2D eigenvalue weighted by molar-refractivity contribution is -0.141. The number of pyridine rings is 1. The number of likely N-dealkylation sites (tertiary alicyclic amines) is 2. The summed E-state index contributed by atoms with van der Waals surface area (Å²) in [5, 5.41) is 26.4. The molecule has 1 aliphatic carbocycles. The van der Waals surface area contributed by atoms with E-state index in [0.717, 1.165) is 79.0 Å². The van der Waals surface area contributed by atoms with Gasteiger partial charge < -0.3 is 54.1 Å². The summed E-state index contributed by atoms with van der Waals surface area (Å²) in [7, 11) is -4.81. The number of phosphoric ester groups is 1. The molecule has 430 valence electrons. The lowest BCUT2D eigenvalue weighted by Crippen LogP contribution is -2.54. The first kappa shape index (κ1) is 56.2. The number of hydrogen-bond acceptors (Lipinski definition) is 19. The van der Waals surface area contributed by atoms with E-state index in [0.29, 0.717) is 60.7 Å². The molecular weight excluding hydrogens is 1080 g/mol. The van der Waals surface area contributed by atoms with Gasteiger partial charge in [-0.05, 0) is 86.0 Å². The third-order valence-electron chi connectivity index (χ3n) is 16.3. The number of piperidine rings is 1. The summed E-state index contributed by atoms with van der Waals surface area (Å²) in [6, 6.07) is 21.3. The summed E-state index contributed by atoms with van der Waals surface area (Å²) < 4.78 is 41.4. The van der Waals surface area contributed by atoms with Crippen LogP contribution in [0.25, 0.3) is 21.7 Å². The molecule has 24 heteroatoms. The van der Waals surface area contributed by atoms with Crippen molar-refractivity contribution >= 4 is 48.2 Å². The summed E-state index contributed by atoms with van der Waals surface area (Å²) >= 11 is 1.59. The number of aromatic nitrogens is 5. The largest absolute Gasteiger partial charge is 0.524 e. The highest BCUT2D eigenvalue weighted by atomic mass is 32.1. The zero-order chi connectivity index (χ0) is 56.5. The summed E-state index contributed by atoms with van der Waals surface area (Å²) in [6.07, 6.45) is 6.83. The number of benzene rings is 2. The number of β-amino-alcohol motifs (C(OH)–C–C–N with tert-alkyl or cyclic N) is 1. The first-order chi connectivity index (χ1) is 39.0. The Morgan fingerprint density at radius 2 is 1.64 bits per heavy atom. The van der Waals surface area contributed by atoms with Crippen LogP contribution in [-0.2, 0) is 18.9 Å². The predicted octanol–water partition coefficient (Wildman–Crippen LogP) is 6.92. The number of fused-ring (bicyclic) bond motifs is 2. The van der Waals surface area contributed by atoms with Crippen molar-refractivity contribution in [1.29, 1.82) is 0 Å². The van der Waals surface area contributed by atoms with Crippen LogP contribution in [0.15, 0.2) is 89.0 Å². The molecule has 4 aliphatic heterocycles. The van der Waals surface area contributed by atoms with Crippen LogP contribution in [0, 0.1) is 12.8 Å².